The highest BCUT2D eigenvalue weighted by Crippen LogP contribution is 2.22. The molecule has 0 aromatic carbocycles. The SMILES string of the molecule is C/C=C\C(=C/C)NC(C)Nc1cnc(NC2CCC(O)CC2)nc1C.CC.CC.CC(C)C.CCCC. The summed E-state index contributed by atoms with van der Waals surface area (Å²) in [6, 6.07) is 0.347. The highest BCUT2D eigenvalue weighted by Gasteiger charge is 2.20. The third kappa shape index (κ3) is 22.8. The molecule has 1 unspecified atom stereocenters. The van der Waals surface area contributed by atoms with Crippen molar-refractivity contribution in [2.45, 2.75) is 147 Å². The molecule has 1 aromatic heterocycles. The Morgan fingerprint density at radius 2 is 1.51 bits per heavy atom. The summed E-state index contributed by atoms with van der Waals surface area (Å²) in [4.78, 5) is 9.01. The van der Waals surface area contributed by atoms with Gasteiger partial charge >= 0.3 is 0 Å². The van der Waals surface area contributed by atoms with Gasteiger partial charge in [0.2, 0.25) is 5.95 Å². The number of unbranched alkanes of at least 4 members (excludes halogenated alkanes) is 1. The number of hydrogen-bond acceptors (Lipinski definition) is 6. The topological polar surface area (TPSA) is 82.1 Å². The average molecular weight is 522 g/mol. The van der Waals surface area contributed by atoms with Gasteiger partial charge in [-0.1, -0.05) is 87.3 Å². The van der Waals surface area contributed by atoms with Gasteiger partial charge in [-0.05, 0) is 65.4 Å². The molecule has 1 saturated carbocycles. The summed E-state index contributed by atoms with van der Waals surface area (Å²) in [5.41, 5.74) is 2.90. The third-order valence-electron chi connectivity index (χ3n) is 4.92. The Morgan fingerprint density at radius 1 is 1.00 bits per heavy atom. The van der Waals surface area contributed by atoms with Gasteiger partial charge in [0.15, 0.2) is 0 Å². The molecule has 1 heterocycles. The predicted octanol–water partition coefficient (Wildman–Crippen LogP) is 8.85. The number of nitrogens with one attached hydrogen (secondary N) is 3. The molecule has 2 rings (SSSR count). The van der Waals surface area contributed by atoms with E-state index < -0.39 is 0 Å². The number of hydrogen-bond donors (Lipinski definition) is 4. The Hall–Kier alpha value is -2.08. The monoisotopic (exact) mass is 522 g/mol. The molecule has 0 saturated heterocycles. The quantitative estimate of drug-likeness (QED) is 0.202. The van der Waals surface area contributed by atoms with E-state index in [9.17, 15) is 5.11 Å². The minimum atomic E-state index is -0.147. The average Bonchev–Trinajstić information content (AvgIpc) is 2.89. The van der Waals surface area contributed by atoms with Crippen molar-refractivity contribution >= 4 is 11.6 Å². The van der Waals surface area contributed by atoms with E-state index in [1.807, 2.05) is 72.9 Å². The number of anilines is 2. The van der Waals surface area contributed by atoms with Crippen LogP contribution in [0.5, 0.6) is 0 Å². The molecule has 4 N–H and O–H groups in total. The Morgan fingerprint density at radius 3 is 1.92 bits per heavy atom. The smallest absolute Gasteiger partial charge is 0.223 e. The number of aliphatic hydroxyl groups is 1. The van der Waals surface area contributed by atoms with Gasteiger partial charge < -0.3 is 21.1 Å². The molecule has 6 heteroatoms. The van der Waals surface area contributed by atoms with E-state index in [0.29, 0.717) is 12.0 Å². The van der Waals surface area contributed by atoms with Gasteiger partial charge in [0.1, 0.15) is 0 Å². The molecule has 0 radical (unpaired) electrons. The fraction of sp³-hybridized carbons (Fsp3) is 0.742. The molecule has 0 amide bonds. The zero-order valence-electron chi connectivity index (χ0n) is 26.7. The van der Waals surface area contributed by atoms with Crippen molar-refractivity contribution in [2.24, 2.45) is 5.92 Å². The van der Waals surface area contributed by atoms with E-state index in [-0.39, 0.29) is 12.3 Å². The van der Waals surface area contributed by atoms with Gasteiger partial charge in [0.25, 0.3) is 0 Å². The van der Waals surface area contributed by atoms with E-state index in [4.69, 9.17) is 0 Å². The van der Waals surface area contributed by atoms with E-state index in [2.05, 4.69) is 67.5 Å². The number of allylic oxidation sites excluding steroid dienone is 3. The van der Waals surface area contributed by atoms with Crippen LogP contribution in [-0.4, -0.2) is 33.4 Å². The largest absolute Gasteiger partial charge is 0.393 e. The zero-order chi connectivity index (χ0) is 29.2. The Bertz CT molecular complexity index is 675. The Labute approximate surface area is 231 Å². The second-order valence-electron chi connectivity index (χ2n) is 9.33. The molecule has 37 heavy (non-hydrogen) atoms. The third-order valence-corrected chi connectivity index (χ3v) is 4.92. The van der Waals surface area contributed by atoms with Crippen LogP contribution in [0.4, 0.5) is 11.6 Å². The van der Waals surface area contributed by atoms with Crippen LogP contribution < -0.4 is 16.0 Å². The molecular formula is C31H63N5O. The van der Waals surface area contributed by atoms with E-state index >= 15 is 0 Å². The summed E-state index contributed by atoms with van der Waals surface area (Å²) < 4.78 is 0. The first-order chi connectivity index (χ1) is 17.7. The van der Waals surface area contributed by atoms with Gasteiger partial charge in [-0.3, -0.25) is 0 Å². The van der Waals surface area contributed by atoms with Crippen molar-refractivity contribution in [3.63, 3.8) is 0 Å². The molecule has 0 spiro atoms. The molecular weight excluding hydrogens is 458 g/mol. The molecule has 1 atom stereocenters. The van der Waals surface area contributed by atoms with Crippen molar-refractivity contribution in [3.8, 4) is 0 Å². The van der Waals surface area contributed by atoms with E-state index in [0.717, 1.165) is 48.7 Å². The molecule has 1 fully saturated rings. The molecule has 1 aliphatic rings. The summed E-state index contributed by atoms with van der Waals surface area (Å²) >= 11 is 0. The number of aromatic nitrogens is 2. The number of nitrogens with zero attached hydrogens (tertiary/aromatic N) is 2. The molecule has 6 nitrogen and oxygen atoms in total. The van der Waals surface area contributed by atoms with Crippen molar-refractivity contribution in [2.75, 3.05) is 10.6 Å². The molecule has 0 aliphatic heterocycles. The van der Waals surface area contributed by atoms with Crippen molar-refractivity contribution in [3.05, 3.63) is 35.8 Å². The minimum absolute atomic E-state index is 0.0586. The van der Waals surface area contributed by atoms with Crippen LogP contribution >= 0.6 is 0 Å². The van der Waals surface area contributed by atoms with Crippen LogP contribution in [0.3, 0.4) is 0 Å². The lowest BCUT2D eigenvalue weighted by Gasteiger charge is -2.26. The highest BCUT2D eigenvalue weighted by molar-refractivity contribution is 5.48. The molecule has 1 aromatic rings. The summed E-state index contributed by atoms with van der Waals surface area (Å²) in [7, 11) is 0. The number of aliphatic hydroxyl groups excluding tert-OH is 1. The predicted molar refractivity (Wildman–Crippen MR) is 167 cm³/mol. The minimum Gasteiger partial charge on any atom is -0.393 e. The fourth-order valence-corrected chi connectivity index (χ4v) is 3.01. The number of aryl methyl sites for hydroxylation is 1. The lowest BCUT2D eigenvalue weighted by atomic mass is 9.93. The molecule has 0 bridgehead atoms. The molecule has 218 valence electrons. The maximum atomic E-state index is 9.59. The fourth-order valence-electron chi connectivity index (χ4n) is 3.01. The van der Waals surface area contributed by atoms with Gasteiger partial charge in [0.05, 0.1) is 29.8 Å². The second kappa shape index (κ2) is 27.0. The van der Waals surface area contributed by atoms with Gasteiger partial charge in [-0.25, -0.2) is 9.97 Å². The van der Waals surface area contributed by atoms with Gasteiger partial charge in [-0.15, -0.1) is 0 Å². The standard InChI is InChI=1S/C19H31N5O.2C4H10.2C2H6/c1-5-7-15(6-2)22-14(4)23-18-12-20-19(21-13(18)3)24-16-8-10-17(25)11-9-16;1-4(2)3;1-3-4-2;2*1-2/h5-7,12,14,16-17,22-23,25H,8-11H2,1-4H3,(H,20,21,24);4H,1-3H3;3-4H2,1-2H3;2*1-2H3/b7-5-,15-6+;;;;. The lowest BCUT2D eigenvalue weighted by molar-refractivity contribution is 0.126. The van der Waals surface area contributed by atoms with Crippen molar-refractivity contribution in [1.82, 2.24) is 15.3 Å². The number of rotatable bonds is 8. The second-order valence-corrected chi connectivity index (χ2v) is 9.33. The van der Waals surface area contributed by atoms with Gasteiger partial charge in [0, 0.05) is 11.7 Å². The Kier molecular flexibility index (Phi) is 28.7. The van der Waals surface area contributed by atoms with Crippen LogP contribution in [0.25, 0.3) is 0 Å². The summed E-state index contributed by atoms with van der Waals surface area (Å²) in [5, 5.41) is 19.8. The first kappa shape index (κ1) is 39.4. The lowest BCUT2D eigenvalue weighted by Crippen LogP contribution is -2.32. The molecule has 1 aliphatic carbocycles. The van der Waals surface area contributed by atoms with Crippen LogP contribution in [0.2, 0.25) is 0 Å². The summed E-state index contributed by atoms with van der Waals surface area (Å²) in [5.74, 6) is 1.49. The normalized spacial score (nSPS) is 17.4. The van der Waals surface area contributed by atoms with E-state index in [1.54, 1.807) is 0 Å². The maximum absolute atomic E-state index is 9.59. The maximum Gasteiger partial charge on any atom is 0.223 e. The Balaban J connectivity index is -0.000000818. The van der Waals surface area contributed by atoms with E-state index in [1.165, 1.54) is 12.8 Å². The summed E-state index contributed by atoms with van der Waals surface area (Å²) in [6.07, 6.45) is 14.1. The van der Waals surface area contributed by atoms with Crippen LogP contribution in [-0.2, 0) is 0 Å². The van der Waals surface area contributed by atoms with Crippen molar-refractivity contribution in [1.29, 1.82) is 0 Å². The highest BCUT2D eigenvalue weighted by atomic mass is 16.3. The summed E-state index contributed by atoms with van der Waals surface area (Å²) in [6.45, 7) is 26.9. The van der Waals surface area contributed by atoms with Crippen LogP contribution in [0.15, 0.2) is 30.1 Å². The van der Waals surface area contributed by atoms with Crippen molar-refractivity contribution < 1.29 is 5.11 Å². The van der Waals surface area contributed by atoms with Gasteiger partial charge in [-0.2, -0.15) is 0 Å². The first-order valence-electron chi connectivity index (χ1n) is 14.8. The zero-order valence-corrected chi connectivity index (χ0v) is 26.7. The first-order valence-corrected chi connectivity index (χ1v) is 14.8. The van der Waals surface area contributed by atoms with Crippen LogP contribution in [0.1, 0.15) is 127 Å². The van der Waals surface area contributed by atoms with Crippen LogP contribution in [0, 0.1) is 12.8 Å².